The van der Waals surface area contributed by atoms with Gasteiger partial charge in [0, 0.05) is 12.8 Å². The number of hydrogen-bond acceptors (Lipinski definition) is 10. The summed E-state index contributed by atoms with van der Waals surface area (Å²) in [5.74, 6) is -1.09. The van der Waals surface area contributed by atoms with Crippen LogP contribution in [0.3, 0.4) is 0 Å². The molecule has 3 rings (SSSR count). The van der Waals surface area contributed by atoms with Crippen molar-refractivity contribution in [1.29, 1.82) is 0 Å². The van der Waals surface area contributed by atoms with Crippen molar-refractivity contribution in [1.82, 2.24) is 19.5 Å². The van der Waals surface area contributed by atoms with Crippen molar-refractivity contribution >= 4 is 29.1 Å². The summed E-state index contributed by atoms with van der Waals surface area (Å²) in [4.78, 5) is 45.9. The fraction of sp³-hybridized carbons (Fsp3) is 0.650. The molecule has 182 valence electrons. The number of fused-ring (bicyclic) bond motifs is 1. The SMILES string of the molecule is CC(C)[C@H](N)C(=O)OCCCCC(=O)OC[C@H]1O[C@@H](n2cnc3c(=O)[nH]c(N)nc32)C[C@@H]1F. The third-order valence-corrected chi connectivity index (χ3v) is 5.34. The van der Waals surface area contributed by atoms with Gasteiger partial charge in [0.2, 0.25) is 5.95 Å². The van der Waals surface area contributed by atoms with E-state index >= 15 is 0 Å². The number of H-pyrrole nitrogens is 1. The smallest absolute Gasteiger partial charge is 0.323 e. The Labute approximate surface area is 188 Å². The highest BCUT2D eigenvalue weighted by Gasteiger charge is 2.38. The molecule has 0 bridgehead atoms. The van der Waals surface area contributed by atoms with Crippen LogP contribution in [-0.2, 0) is 23.8 Å². The van der Waals surface area contributed by atoms with Crippen molar-refractivity contribution in [2.24, 2.45) is 11.7 Å². The molecule has 1 aliphatic rings. The van der Waals surface area contributed by atoms with Crippen LogP contribution < -0.4 is 17.0 Å². The molecule has 1 aliphatic heterocycles. The van der Waals surface area contributed by atoms with Crippen molar-refractivity contribution in [3.05, 3.63) is 16.7 Å². The largest absolute Gasteiger partial charge is 0.465 e. The molecule has 0 amide bonds. The number of rotatable bonds is 10. The molecular weight excluding hydrogens is 439 g/mol. The Morgan fingerprint density at radius 2 is 2.12 bits per heavy atom. The molecule has 1 fully saturated rings. The number of aromatic nitrogens is 4. The minimum atomic E-state index is -1.39. The Bertz CT molecular complexity index is 1040. The van der Waals surface area contributed by atoms with Crippen LogP contribution in [0, 0.1) is 5.92 Å². The highest BCUT2D eigenvalue weighted by Crippen LogP contribution is 2.32. The van der Waals surface area contributed by atoms with Gasteiger partial charge in [-0.05, 0) is 18.8 Å². The van der Waals surface area contributed by atoms with Gasteiger partial charge in [-0.15, -0.1) is 0 Å². The molecule has 4 atom stereocenters. The highest BCUT2D eigenvalue weighted by molar-refractivity contribution is 5.75. The molecule has 3 heterocycles. The van der Waals surface area contributed by atoms with Crippen LogP contribution in [0.15, 0.2) is 11.1 Å². The number of carbonyl (C=O) groups is 2. The Hall–Kier alpha value is -3.06. The van der Waals surface area contributed by atoms with Crippen molar-refractivity contribution in [3.63, 3.8) is 0 Å². The molecule has 13 heteroatoms. The van der Waals surface area contributed by atoms with Gasteiger partial charge in [-0.25, -0.2) is 9.37 Å². The van der Waals surface area contributed by atoms with Gasteiger partial charge in [-0.3, -0.25) is 23.9 Å². The first kappa shape index (κ1) is 24.6. The predicted octanol–water partition coefficient (Wildman–Crippen LogP) is 0.567. The lowest BCUT2D eigenvalue weighted by atomic mass is 10.1. The molecule has 0 saturated carbocycles. The minimum Gasteiger partial charge on any atom is -0.465 e. The maximum absolute atomic E-state index is 14.5. The molecule has 0 spiro atoms. The van der Waals surface area contributed by atoms with Gasteiger partial charge in [-0.1, -0.05) is 13.8 Å². The van der Waals surface area contributed by atoms with E-state index in [0.717, 1.165) is 0 Å². The van der Waals surface area contributed by atoms with Gasteiger partial charge in [0.15, 0.2) is 11.2 Å². The summed E-state index contributed by atoms with van der Waals surface area (Å²) in [6.07, 6.45) is -0.793. The minimum absolute atomic E-state index is 0.0197. The van der Waals surface area contributed by atoms with E-state index in [1.165, 1.54) is 10.9 Å². The van der Waals surface area contributed by atoms with Gasteiger partial charge in [0.1, 0.15) is 31.2 Å². The Morgan fingerprint density at radius 3 is 2.85 bits per heavy atom. The number of nitrogens with zero attached hydrogens (tertiary/aromatic N) is 3. The molecule has 0 radical (unpaired) electrons. The van der Waals surface area contributed by atoms with Crippen LogP contribution in [0.5, 0.6) is 0 Å². The molecular formula is C20H29FN6O6. The number of carbonyl (C=O) groups excluding carboxylic acids is 2. The number of imidazole rings is 1. The molecule has 2 aromatic heterocycles. The summed E-state index contributed by atoms with van der Waals surface area (Å²) >= 11 is 0. The van der Waals surface area contributed by atoms with E-state index < -0.39 is 42.0 Å². The summed E-state index contributed by atoms with van der Waals surface area (Å²) in [6, 6.07) is -0.673. The van der Waals surface area contributed by atoms with E-state index in [2.05, 4.69) is 15.0 Å². The predicted molar refractivity (Wildman–Crippen MR) is 115 cm³/mol. The lowest BCUT2D eigenvalue weighted by Crippen LogP contribution is -2.37. The van der Waals surface area contributed by atoms with Crippen LogP contribution in [-0.4, -0.2) is 63.0 Å². The average Bonchev–Trinajstić information content (AvgIpc) is 3.34. The van der Waals surface area contributed by atoms with Crippen LogP contribution in [0.4, 0.5) is 10.3 Å². The van der Waals surface area contributed by atoms with Gasteiger partial charge >= 0.3 is 11.9 Å². The number of esters is 2. The molecule has 1 saturated heterocycles. The standard InChI is InChI=1S/C20H29FN6O6/c1-10(2)15(22)19(30)31-6-4-3-5-14(28)32-8-12-11(21)7-13(33-12)27-9-24-16-17(27)25-20(23)26-18(16)29/h9-13,15H,3-8,22H2,1-2H3,(H3,23,25,26,29)/t11-,12+,13+,15-/m0/s1. The number of halogens is 1. The molecule has 33 heavy (non-hydrogen) atoms. The second-order valence-corrected chi connectivity index (χ2v) is 8.23. The number of alkyl halides is 1. The summed E-state index contributed by atoms with van der Waals surface area (Å²) in [7, 11) is 0. The topological polar surface area (TPSA) is 177 Å². The zero-order chi connectivity index (χ0) is 24.1. The molecule has 5 N–H and O–H groups in total. The summed E-state index contributed by atoms with van der Waals surface area (Å²) < 4.78 is 31.8. The van der Waals surface area contributed by atoms with Crippen LogP contribution in [0.1, 0.15) is 45.8 Å². The van der Waals surface area contributed by atoms with E-state index in [9.17, 15) is 18.8 Å². The number of aromatic amines is 1. The Morgan fingerprint density at radius 1 is 1.36 bits per heavy atom. The van der Waals surface area contributed by atoms with Crippen LogP contribution in [0.25, 0.3) is 11.2 Å². The maximum Gasteiger partial charge on any atom is 0.323 e. The molecule has 0 aliphatic carbocycles. The summed E-state index contributed by atoms with van der Waals surface area (Å²) in [5.41, 5.74) is 11.0. The number of anilines is 1. The zero-order valence-corrected chi connectivity index (χ0v) is 18.5. The van der Waals surface area contributed by atoms with E-state index in [-0.39, 0.29) is 49.1 Å². The van der Waals surface area contributed by atoms with Gasteiger partial charge < -0.3 is 25.7 Å². The lowest BCUT2D eigenvalue weighted by Gasteiger charge is -2.15. The normalized spacial score (nSPS) is 21.4. The first-order valence-electron chi connectivity index (χ1n) is 10.8. The first-order valence-corrected chi connectivity index (χ1v) is 10.8. The fourth-order valence-electron chi connectivity index (χ4n) is 3.32. The van der Waals surface area contributed by atoms with Gasteiger partial charge in [-0.2, -0.15) is 4.98 Å². The second-order valence-electron chi connectivity index (χ2n) is 8.23. The molecule has 0 unspecified atom stereocenters. The van der Waals surface area contributed by atoms with Crippen molar-refractivity contribution < 1.29 is 28.2 Å². The quantitative estimate of drug-likeness (QED) is 0.330. The van der Waals surface area contributed by atoms with Crippen molar-refractivity contribution in [2.75, 3.05) is 18.9 Å². The molecule has 2 aromatic rings. The van der Waals surface area contributed by atoms with E-state index in [1.807, 2.05) is 13.8 Å². The Kier molecular flexibility index (Phi) is 7.97. The molecule has 12 nitrogen and oxygen atoms in total. The highest BCUT2D eigenvalue weighted by atomic mass is 19.1. The number of ether oxygens (including phenoxy) is 3. The zero-order valence-electron chi connectivity index (χ0n) is 18.5. The van der Waals surface area contributed by atoms with Crippen molar-refractivity contribution in [3.8, 4) is 0 Å². The third-order valence-electron chi connectivity index (χ3n) is 5.34. The van der Waals surface area contributed by atoms with Crippen molar-refractivity contribution in [2.45, 2.75) is 64.1 Å². The Balaban J connectivity index is 1.41. The number of unbranched alkanes of at least 4 members (excludes halogenated alkanes) is 1. The summed E-state index contributed by atoms with van der Waals surface area (Å²) in [6.45, 7) is 3.56. The lowest BCUT2D eigenvalue weighted by molar-refractivity contribution is -0.149. The fourth-order valence-corrected chi connectivity index (χ4v) is 3.32. The van der Waals surface area contributed by atoms with Crippen LogP contribution in [0.2, 0.25) is 0 Å². The number of nitrogens with two attached hydrogens (primary N) is 2. The number of nitrogens with one attached hydrogen (secondary N) is 1. The maximum atomic E-state index is 14.5. The number of nitrogen functional groups attached to an aromatic ring is 1. The monoisotopic (exact) mass is 468 g/mol. The summed E-state index contributed by atoms with van der Waals surface area (Å²) in [5, 5.41) is 0. The number of hydrogen-bond donors (Lipinski definition) is 3. The van der Waals surface area contributed by atoms with Gasteiger partial charge in [0.05, 0.1) is 12.9 Å². The third kappa shape index (κ3) is 6.05. The van der Waals surface area contributed by atoms with Gasteiger partial charge in [0.25, 0.3) is 5.56 Å². The second kappa shape index (κ2) is 10.7. The van der Waals surface area contributed by atoms with E-state index in [4.69, 9.17) is 25.7 Å². The average molecular weight is 468 g/mol. The van der Waals surface area contributed by atoms with E-state index in [1.54, 1.807) is 0 Å². The first-order chi connectivity index (χ1) is 15.7. The van der Waals surface area contributed by atoms with Crippen LogP contribution >= 0.6 is 0 Å². The molecule has 0 aromatic carbocycles. The van der Waals surface area contributed by atoms with E-state index in [0.29, 0.717) is 12.8 Å².